The molecule has 0 radical (unpaired) electrons. The van der Waals surface area contributed by atoms with Crippen LogP contribution in [0, 0.1) is 0 Å². The fourth-order valence-corrected chi connectivity index (χ4v) is 3.65. The summed E-state index contributed by atoms with van der Waals surface area (Å²) in [5.41, 5.74) is 3.61. The molecule has 0 atom stereocenters. The number of aromatic nitrogens is 4. The van der Waals surface area contributed by atoms with E-state index in [1.165, 1.54) is 0 Å². The van der Waals surface area contributed by atoms with Crippen molar-refractivity contribution in [2.45, 2.75) is 32.9 Å². The molecule has 0 N–H and O–H groups in total. The van der Waals surface area contributed by atoms with Crippen molar-refractivity contribution >= 4 is 34.6 Å². The van der Waals surface area contributed by atoms with E-state index in [0.29, 0.717) is 6.54 Å². The summed E-state index contributed by atoms with van der Waals surface area (Å²) in [5.74, 6) is 0.784. The first kappa shape index (κ1) is 16.7. The minimum atomic E-state index is -0.562. The molecule has 0 saturated heterocycles. The highest BCUT2D eigenvalue weighted by atomic mass is 16.6. The van der Waals surface area contributed by atoms with Crippen molar-refractivity contribution in [1.82, 2.24) is 19.5 Å². The van der Waals surface area contributed by atoms with Crippen LogP contribution in [0.25, 0.3) is 22.7 Å². The number of carbonyl (C=O) groups excluding carboxylic acids is 1. The average Bonchev–Trinajstić information content (AvgIpc) is 2.96. The first-order valence-corrected chi connectivity index (χ1v) is 9.12. The van der Waals surface area contributed by atoms with Gasteiger partial charge in [-0.25, -0.2) is 19.3 Å². The highest BCUT2D eigenvalue weighted by Crippen LogP contribution is 2.38. The number of nitrogens with zero attached hydrogens (tertiary/aromatic N) is 5. The molecule has 0 saturated carbocycles. The topological polar surface area (TPSA) is 73.1 Å². The van der Waals surface area contributed by atoms with Gasteiger partial charge in [-0.15, -0.1) is 0 Å². The summed E-state index contributed by atoms with van der Waals surface area (Å²) in [5, 5.41) is 0.901. The summed E-state index contributed by atoms with van der Waals surface area (Å²) in [4.78, 5) is 28.3. The lowest BCUT2D eigenvalue weighted by molar-refractivity contribution is 0.0530. The Morgan fingerprint density at radius 1 is 1.14 bits per heavy atom. The van der Waals surface area contributed by atoms with Gasteiger partial charge in [0.15, 0.2) is 0 Å². The van der Waals surface area contributed by atoms with E-state index in [1.807, 2.05) is 57.2 Å². The predicted octanol–water partition coefficient (Wildman–Crippen LogP) is 4.00. The fraction of sp³-hybridized carbons (Fsp3) is 0.238. The monoisotopic (exact) mass is 373 g/mol. The lowest BCUT2D eigenvalue weighted by Gasteiger charge is -2.33. The fourth-order valence-electron chi connectivity index (χ4n) is 3.65. The van der Waals surface area contributed by atoms with Crippen LogP contribution < -0.4 is 4.90 Å². The molecular formula is C21H19N5O2. The van der Waals surface area contributed by atoms with Gasteiger partial charge in [0.05, 0.1) is 34.5 Å². The molecular weight excluding hydrogens is 354 g/mol. The van der Waals surface area contributed by atoms with Crippen LogP contribution in [0.3, 0.4) is 0 Å². The highest BCUT2D eigenvalue weighted by Gasteiger charge is 2.32. The summed E-state index contributed by atoms with van der Waals surface area (Å²) < 4.78 is 7.26. The molecule has 7 nitrogen and oxygen atoms in total. The molecule has 0 amide bonds. The number of ether oxygens (including phenoxy) is 1. The van der Waals surface area contributed by atoms with E-state index in [9.17, 15) is 4.79 Å². The number of fused-ring (bicyclic) bond motifs is 5. The van der Waals surface area contributed by atoms with Crippen molar-refractivity contribution in [2.75, 3.05) is 4.90 Å². The third-order valence-corrected chi connectivity index (χ3v) is 4.73. The molecule has 140 valence electrons. The van der Waals surface area contributed by atoms with E-state index >= 15 is 0 Å². The van der Waals surface area contributed by atoms with E-state index in [4.69, 9.17) is 4.74 Å². The Balaban J connectivity index is 1.68. The molecule has 0 unspecified atom stereocenters. The molecule has 3 aromatic heterocycles. The van der Waals surface area contributed by atoms with Gasteiger partial charge in [0.1, 0.15) is 17.7 Å². The van der Waals surface area contributed by atoms with Gasteiger partial charge in [-0.3, -0.25) is 4.98 Å². The summed E-state index contributed by atoms with van der Waals surface area (Å²) >= 11 is 0. The smallest absolute Gasteiger partial charge is 0.419 e. The van der Waals surface area contributed by atoms with Crippen molar-refractivity contribution in [3.8, 4) is 0 Å². The Labute approximate surface area is 162 Å². The minimum absolute atomic E-state index is 0.371. The maximum atomic E-state index is 12.8. The number of hydrogen-bond acceptors (Lipinski definition) is 6. The quantitative estimate of drug-likeness (QED) is 0.593. The van der Waals surface area contributed by atoms with Crippen LogP contribution >= 0.6 is 0 Å². The SMILES string of the molecule is CC(C)(C)OC(=O)n1c2ccc1/C1=C/C=C\c3nccc4ncnc(c34)N1C2. The summed E-state index contributed by atoms with van der Waals surface area (Å²) in [7, 11) is 0. The molecule has 7 heteroatoms. The van der Waals surface area contributed by atoms with Crippen LogP contribution in [-0.4, -0.2) is 31.2 Å². The van der Waals surface area contributed by atoms with E-state index in [1.54, 1.807) is 17.1 Å². The Bertz CT molecular complexity index is 1180. The Hall–Kier alpha value is -3.48. The standard InChI is InChI=1S/C21H19N5O2/c1-21(2,3)28-20(27)26-13-7-8-17(26)16-6-4-5-14-18-15(9-10-22-14)23-12-24-19(18)25(16)11-13/h4-10,12H,11H2,1-3H3/b5-4-,16-6-. The van der Waals surface area contributed by atoms with E-state index in [0.717, 1.165) is 39.5 Å². The van der Waals surface area contributed by atoms with E-state index in [-0.39, 0.29) is 6.09 Å². The molecule has 2 aliphatic heterocycles. The minimum Gasteiger partial charge on any atom is -0.443 e. The normalized spacial score (nSPS) is 18.0. The molecule has 28 heavy (non-hydrogen) atoms. The highest BCUT2D eigenvalue weighted by molar-refractivity contribution is 6.00. The molecule has 2 aliphatic rings. The van der Waals surface area contributed by atoms with Crippen LogP contribution in [0.5, 0.6) is 0 Å². The van der Waals surface area contributed by atoms with E-state index < -0.39 is 5.60 Å². The van der Waals surface area contributed by atoms with Crippen LogP contribution in [-0.2, 0) is 11.3 Å². The van der Waals surface area contributed by atoms with Crippen LogP contribution in [0.1, 0.15) is 37.9 Å². The second-order valence-electron chi connectivity index (χ2n) is 7.81. The van der Waals surface area contributed by atoms with Gasteiger partial charge in [-0.2, -0.15) is 0 Å². The Morgan fingerprint density at radius 3 is 2.82 bits per heavy atom. The number of pyridine rings is 1. The summed E-state index contributed by atoms with van der Waals surface area (Å²) in [6, 6.07) is 5.78. The van der Waals surface area contributed by atoms with Gasteiger partial charge in [-0.05, 0) is 51.1 Å². The molecule has 5 heterocycles. The Kier molecular flexibility index (Phi) is 3.43. The van der Waals surface area contributed by atoms with Gasteiger partial charge in [-0.1, -0.05) is 6.08 Å². The van der Waals surface area contributed by atoms with Crippen LogP contribution in [0.15, 0.2) is 42.9 Å². The van der Waals surface area contributed by atoms with Crippen LogP contribution in [0.2, 0.25) is 0 Å². The van der Waals surface area contributed by atoms with Crippen molar-refractivity contribution < 1.29 is 9.53 Å². The maximum absolute atomic E-state index is 12.8. The second-order valence-corrected chi connectivity index (χ2v) is 7.81. The van der Waals surface area contributed by atoms with Crippen molar-refractivity contribution in [2.24, 2.45) is 0 Å². The van der Waals surface area contributed by atoms with Crippen LogP contribution in [0.4, 0.5) is 10.6 Å². The van der Waals surface area contributed by atoms with Gasteiger partial charge in [0, 0.05) is 11.9 Å². The molecule has 2 bridgehead atoms. The summed E-state index contributed by atoms with van der Waals surface area (Å²) in [6.45, 7) is 6.10. The molecule has 0 spiro atoms. The third kappa shape index (κ3) is 2.51. The lowest BCUT2D eigenvalue weighted by atomic mass is 10.1. The average molecular weight is 373 g/mol. The van der Waals surface area contributed by atoms with E-state index in [2.05, 4.69) is 19.9 Å². The Morgan fingerprint density at radius 2 is 2.00 bits per heavy atom. The predicted molar refractivity (Wildman–Crippen MR) is 107 cm³/mol. The van der Waals surface area contributed by atoms with Crippen molar-refractivity contribution in [3.05, 3.63) is 60.0 Å². The summed E-state index contributed by atoms with van der Waals surface area (Å²) in [6.07, 6.45) is 8.80. The van der Waals surface area contributed by atoms with Gasteiger partial charge < -0.3 is 9.64 Å². The maximum Gasteiger partial charge on any atom is 0.419 e. The van der Waals surface area contributed by atoms with Crippen molar-refractivity contribution in [3.63, 3.8) is 0 Å². The number of anilines is 1. The largest absolute Gasteiger partial charge is 0.443 e. The molecule has 0 aromatic carbocycles. The van der Waals surface area contributed by atoms with Gasteiger partial charge >= 0.3 is 6.09 Å². The number of hydrogen-bond donors (Lipinski definition) is 0. The van der Waals surface area contributed by atoms with Crippen molar-refractivity contribution in [1.29, 1.82) is 0 Å². The van der Waals surface area contributed by atoms with Gasteiger partial charge in [0.25, 0.3) is 0 Å². The third-order valence-electron chi connectivity index (χ3n) is 4.73. The molecule has 5 rings (SSSR count). The second kappa shape index (κ2) is 5.76. The number of carbonyl (C=O) groups is 1. The first-order valence-electron chi connectivity index (χ1n) is 9.12. The molecule has 3 aromatic rings. The van der Waals surface area contributed by atoms with Gasteiger partial charge in [0.2, 0.25) is 0 Å². The zero-order chi connectivity index (χ0) is 19.5. The first-order chi connectivity index (χ1) is 13.4. The molecule has 0 aliphatic carbocycles. The zero-order valence-electron chi connectivity index (χ0n) is 15.9. The number of rotatable bonds is 0. The lowest BCUT2D eigenvalue weighted by Crippen LogP contribution is -2.35. The molecule has 0 fully saturated rings. The number of allylic oxidation sites excluding steroid dienone is 2. The zero-order valence-corrected chi connectivity index (χ0v) is 15.9.